The molecule has 7 atom stereocenters. The highest BCUT2D eigenvalue weighted by Crippen LogP contribution is 2.65. The van der Waals surface area contributed by atoms with Crippen molar-refractivity contribution in [1.29, 1.82) is 5.39 Å². The summed E-state index contributed by atoms with van der Waals surface area (Å²) < 4.78 is 5.58. The van der Waals surface area contributed by atoms with Gasteiger partial charge in [0, 0.05) is 11.8 Å². The van der Waals surface area contributed by atoms with E-state index < -0.39 is 0 Å². The van der Waals surface area contributed by atoms with Crippen LogP contribution in [0.4, 0.5) is 0 Å². The molecule has 5 nitrogen and oxygen atoms in total. The van der Waals surface area contributed by atoms with Gasteiger partial charge in [-0.05, 0) is 80.5 Å². The van der Waals surface area contributed by atoms with E-state index in [0.29, 0.717) is 29.0 Å². The zero-order chi connectivity index (χ0) is 18.5. The minimum Gasteiger partial charge on any atom is -0.476 e. The summed E-state index contributed by atoms with van der Waals surface area (Å²) in [7, 11) is 0. The number of fused-ring (bicyclic) bond motifs is 5. The molecule has 0 aliphatic heterocycles. The standard InChI is InChI=1S/C21H30N2O3/c1-20-9-7-14(26-19(25)12-23-22)11-13(20)3-4-15-16-5-6-18(24)21(16,2)10-8-17(15)20/h12-17H,3-11H2,1-2H3/p+1/b19-12-/t13-,14-,15-,16-,17-,20-,21-/m0/s1. The Morgan fingerprint density at radius 3 is 2.77 bits per heavy atom. The summed E-state index contributed by atoms with van der Waals surface area (Å²) in [5.74, 6) is 2.86. The van der Waals surface area contributed by atoms with Crippen molar-refractivity contribution >= 4 is 5.78 Å². The number of rotatable bonds is 2. The minimum atomic E-state index is -0.298. The first-order valence-electron chi connectivity index (χ1n) is 10.3. The van der Waals surface area contributed by atoms with E-state index in [1.165, 1.54) is 19.3 Å². The molecular formula is C21H31N2O3+. The molecule has 0 aromatic rings. The van der Waals surface area contributed by atoms with Crippen LogP contribution in [0.15, 0.2) is 12.1 Å². The van der Waals surface area contributed by atoms with Crippen LogP contribution in [0.5, 0.6) is 0 Å². The van der Waals surface area contributed by atoms with Crippen LogP contribution in [0.2, 0.25) is 0 Å². The largest absolute Gasteiger partial charge is 0.476 e. The molecule has 142 valence electrons. The second-order valence-electron chi connectivity index (χ2n) is 9.67. The average molecular weight is 359 g/mol. The van der Waals surface area contributed by atoms with Gasteiger partial charge in [-0.2, -0.15) is 0 Å². The van der Waals surface area contributed by atoms with E-state index in [2.05, 4.69) is 18.8 Å². The molecule has 0 spiro atoms. The molecule has 0 amide bonds. The minimum absolute atomic E-state index is 0.00420. The monoisotopic (exact) mass is 359 g/mol. The third-order valence-corrected chi connectivity index (χ3v) is 8.78. The maximum absolute atomic E-state index is 12.5. The molecule has 0 bridgehead atoms. The first-order chi connectivity index (χ1) is 12.4. The van der Waals surface area contributed by atoms with E-state index in [0.717, 1.165) is 50.6 Å². The zero-order valence-electron chi connectivity index (χ0n) is 16.0. The van der Waals surface area contributed by atoms with E-state index in [9.17, 15) is 9.90 Å². The third-order valence-electron chi connectivity index (χ3n) is 8.78. The molecule has 1 N–H and O–H groups in total. The highest BCUT2D eigenvalue weighted by Gasteiger charge is 2.60. The lowest BCUT2D eigenvalue weighted by Gasteiger charge is -2.60. The van der Waals surface area contributed by atoms with Crippen molar-refractivity contribution < 1.29 is 14.6 Å². The van der Waals surface area contributed by atoms with Gasteiger partial charge in [-0.15, -0.1) is 0 Å². The second-order valence-corrected chi connectivity index (χ2v) is 9.67. The average Bonchev–Trinajstić information content (AvgIpc) is 2.91. The van der Waals surface area contributed by atoms with Crippen LogP contribution in [0, 0.1) is 39.9 Å². The summed E-state index contributed by atoms with van der Waals surface area (Å²) in [6, 6.07) is 0. The van der Waals surface area contributed by atoms with Gasteiger partial charge in [-0.3, -0.25) is 4.79 Å². The number of carbonyl (C=O) groups is 1. The summed E-state index contributed by atoms with van der Waals surface area (Å²) in [5, 5.41) is 18.2. The fourth-order valence-electron chi connectivity index (χ4n) is 7.35. The Morgan fingerprint density at radius 2 is 2.00 bits per heavy atom. The number of aliphatic hydroxyl groups is 1. The van der Waals surface area contributed by atoms with Gasteiger partial charge in [0.1, 0.15) is 11.9 Å². The van der Waals surface area contributed by atoms with Gasteiger partial charge in [0.25, 0.3) is 0 Å². The lowest BCUT2D eigenvalue weighted by Crippen LogP contribution is -2.54. The maximum atomic E-state index is 12.5. The smallest absolute Gasteiger partial charge is 0.429 e. The van der Waals surface area contributed by atoms with E-state index in [1.807, 2.05) is 0 Å². The first kappa shape index (κ1) is 17.8. The van der Waals surface area contributed by atoms with Crippen molar-refractivity contribution in [3.63, 3.8) is 0 Å². The molecule has 4 fully saturated rings. The molecule has 4 saturated carbocycles. The van der Waals surface area contributed by atoms with Gasteiger partial charge in [0.05, 0.1) is 0 Å². The van der Waals surface area contributed by atoms with Crippen LogP contribution in [-0.2, 0) is 9.53 Å². The van der Waals surface area contributed by atoms with Crippen molar-refractivity contribution in [3.8, 4) is 0 Å². The highest BCUT2D eigenvalue weighted by atomic mass is 16.6. The molecule has 0 heterocycles. The van der Waals surface area contributed by atoms with Crippen LogP contribution in [0.1, 0.15) is 71.6 Å². The van der Waals surface area contributed by atoms with E-state index in [4.69, 9.17) is 10.1 Å². The Bertz CT molecular complexity index is 669. The quantitative estimate of drug-likeness (QED) is 0.543. The maximum Gasteiger partial charge on any atom is 0.429 e. The van der Waals surface area contributed by atoms with Crippen LogP contribution in [-0.4, -0.2) is 17.0 Å². The van der Waals surface area contributed by atoms with Gasteiger partial charge in [0.2, 0.25) is 5.39 Å². The van der Waals surface area contributed by atoms with Gasteiger partial charge in [-0.25, -0.2) is 0 Å². The molecule has 0 unspecified atom stereocenters. The van der Waals surface area contributed by atoms with Crippen LogP contribution < -0.4 is 0 Å². The summed E-state index contributed by atoms with van der Waals surface area (Å²) >= 11 is 0. The molecule has 26 heavy (non-hydrogen) atoms. The van der Waals surface area contributed by atoms with Crippen LogP contribution in [0.3, 0.4) is 0 Å². The van der Waals surface area contributed by atoms with Crippen LogP contribution >= 0.6 is 0 Å². The van der Waals surface area contributed by atoms with Crippen molar-refractivity contribution in [1.82, 2.24) is 0 Å². The summed E-state index contributed by atoms with van der Waals surface area (Å²) in [6.45, 7) is 4.71. The molecule has 5 heteroatoms. The molecule has 0 saturated heterocycles. The number of hydrogen-bond donors (Lipinski definition) is 1. The Morgan fingerprint density at radius 1 is 1.19 bits per heavy atom. The van der Waals surface area contributed by atoms with Crippen molar-refractivity contribution in [2.24, 2.45) is 34.5 Å². The predicted molar refractivity (Wildman–Crippen MR) is 97.4 cm³/mol. The number of carbonyl (C=O) groups excluding carboxylic acids is 1. The normalized spacial score (nSPS) is 48.1. The van der Waals surface area contributed by atoms with Crippen LogP contribution in [0.25, 0.3) is 4.98 Å². The van der Waals surface area contributed by atoms with Gasteiger partial charge >= 0.3 is 12.1 Å². The van der Waals surface area contributed by atoms with Crippen molar-refractivity contribution in [3.05, 3.63) is 17.1 Å². The summed E-state index contributed by atoms with van der Waals surface area (Å²) in [6.07, 6.45) is 10.6. The number of ether oxygens (including phenoxy) is 1. The number of nitrogens with zero attached hydrogens (tertiary/aromatic N) is 2. The zero-order valence-corrected chi connectivity index (χ0v) is 16.0. The SMILES string of the molecule is C[C@]12CC[C@H](O/C(O)=C\[N+]#N)C[C@@H]1CC[C@@H]1[C@@H]2CC[C@]2(C)C(=O)CC[C@@H]12. The molecular weight excluding hydrogens is 328 g/mol. The van der Waals surface area contributed by atoms with E-state index in [1.54, 1.807) is 0 Å². The van der Waals surface area contributed by atoms with Crippen molar-refractivity contribution in [2.75, 3.05) is 0 Å². The topological polar surface area (TPSA) is 74.7 Å². The molecule has 0 radical (unpaired) electrons. The number of ketones is 1. The second kappa shape index (κ2) is 6.25. The third kappa shape index (κ3) is 2.56. The first-order valence-corrected chi connectivity index (χ1v) is 10.3. The molecule has 4 aliphatic carbocycles. The lowest BCUT2D eigenvalue weighted by atomic mass is 9.45. The van der Waals surface area contributed by atoms with Gasteiger partial charge < -0.3 is 9.84 Å². The van der Waals surface area contributed by atoms with Gasteiger partial charge in [0.15, 0.2) is 4.98 Å². The number of aliphatic hydroxyl groups excluding tert-OH is 1. The molecule has 0 aromatic carbocycles. The number of hydrogen-bond acceptors (Lipinski definition) is 4. The number of diazo groups is 1. The number of Topliss-reactive ketones (excluding diaryl/α,β-unsaturated/α-hetero) is 1. The predicted octanol–water partition coefficient (Wildman–Crippen LogP) is 5.19. The fourth-order valence-corrected chi connectivity index (χ4v) is 7.35. The molecule has 4 aliphatic rings. The molecule has 4 rings (SSSR count). The summed E-state index contributed by atoms with van der Waals surface area (Å²) in [4.78, 5) is 15.3. The van der Waals surface area contributed by atoms with E-state index >= 15 is 0 Å². The molecule has 0 aromatic heterocycles. The van der Waals surface area contributed by atoms with Crippen molar-refractivity contribution in [2.45, 2.75) is 77.7 Å². The Balaban J connectivity index is 1.50. The Labute approximate surface area is 155 Å². The highest BCUT2D eigenvalue weighted by molar-refractivity contribution is 5.87. The summed E-state index contributed by atoms with van der Waals surface area (Å²) in [5.41, 5.74) is 0.283. The Kier molecular flexibility index (Phi) is 4.28. The Hall–Kier alpha value is -1.57. The van der Waals surface area contributed by atoms with Gasteiger partial charge in [-0.1, -0.05) is 13.8 Å². The lowest BCUT2D eigenvalue weighted by molar-refractivity contribution is -0.144. The fraction of sp³-hybridized carbons (Fsp3) is 0.857. The van der Waals surface area contributed by atoms with E-state index in [-0.39, 0.29) is 17.5 Å².